The van der Waals surface area contributed by atoms with E-state index in [2.05, 4.69) is 56.2 Å². The summed E-state index contributed by atoms with van der Waals surface area (Å²) >= 11 is -3.93. The number of carbonyl (C=O) groups excluding carboxylic acids is 1. The lowest BCUT2D eigenvalue weighted by atomic mass is 10.1. The smallest absolute Gasteiger partial charge is 0.458 e. The largest absolute Gasteiger partial charge is 0.766 e. The van der Waals surface area contributed by atoms with Crippen LogP contribution in [0.3, 0.4) is 0 Å². The van der Waals surface area contributed by atoms with Crippen LogP contribution >= 0.6 is 0 Å². The van der Waals surface area contributed by atoms with Gasteiger partial charge in [0.2, 0.25) is 0 Å². The van der Waals surface area contributed by atoms with E-state index in [1.165, 1.54) is 16.8 Å². The van der Waals surface area contributed by atoms with Crippen LogP contribution in [0, 0.1) is 0 Å². The lowest BCUT2D eigenvalue weighted by Gasteiger charge is -2.08. The Morgan fingerprint density at radius 2 is 1.80 bits per heavy atom. The van der Waals surface area contributed by atoms with Crippen LogP contribution in [0.25, 0.3) is 0 Å². The second-order valence-electron chi connectivity index (χ2n) is 5.45. The van der Waals surface area contributed by atoms with Gasteiger partial charge in [0.05, 0.1) is 11.1 Å². The Bertz CT molecular complexity index is 599. The first-order chi connectivity index (χ1) is 14.2. The maximum Gasteiger partial charge on any atom is 0.458 e. The molecule has 1 aliphatic heterocycles. The highest BCUT2D eigenvalue weighted by atomic mass is 32.2. The maximum absolute atomic E-state index is 10.6. The van der Waals surface area contributed by atoms with Crippen molar-refractivity contribution in [2.75, 3.05) is 19.6 Å². The lowest BCUT2D eigenvalue weighted by molar-refractivity contribution is -0.0980. The first-order valence-electron chi connectivity index (χ1n) is 9.37. The van der Waals surface area contributed by atoms with Crippen molar-refractivity contribution < 1.29 is 26.7 Å². The molecule has 0 radical (unpaired) electrons. The molecular formula is C21H34F3N2O3S-. The summed E-state index contributed by atoms with van der Waals surface area (Å²) in [6.07, 6.45) is 14.6. The summed E-state index contributed by atoms with van der Waals surface area (Å²) in [5.41, 5.74) is -1.10. The quantitative estimate of drug-likeness (QED) is 0.478. The first kappa shape index (κ1) is 32.7. The fraction of sp³-hybridized carbons (Fsp3) is 0.476. The van der Waals surface area contributed by atoms with Gasteiger partial charge < -0.3 is 20.0 Å². The number of rotatable bonds is 4. The predicted octanol–water partition coefficient (Wildman–Crippen LogP) is 4.70. The van der Waals surface area contributed by atoms with Crippen LogP contribution in [0.1, 0.15) is 40.5 Å². The molecule has 0 spiro atoms. The fourth-order valence-electron chi connectivity index (χ4n) is 1.93. The maximum atomic E-state index is 10.6. The van der Waals surface area contributed by atoms with Crippen molar-refractivity contribution in [3.63, 3.8) is 0 Å². The van der Waals surface area contributed by atoms with E-state index in [9.17, 15) is 13.2 Å². The van der Waals surface area contributed by atoms with Crippen molar-refractivity contribution in [3.8, 4) is 0 Å². The molecule has 0 saturated carbocycles. The van der Waals surface area contributed by atoms with Crippen LogP contribution in [0.4, 0.5) is 13.2 Å². The fourth-order valence-corrected chi connectivity index (χ4v) is 1.93. The van der Waals surface area contributed by atoms with E-state index in [1.807, 2.05) is 31.9 Å². The number of hydrogen-bond acceptors (Lipinski definition) is 5. The molecule has 0 aromatic carbocycles. The Morgan fingerprint density at radius 3 is 2.17 bits per heavy atom. The zero-order chi connectivity index (χ0) is 24.0. The van der Waals surface area contributed by atoms with E-state index in [4.69, 9.17) is 13.6 Å². The van der Waals surface area contributed by atoms with Gasteiger partial charge in [0, 0.05) is 25.3 Å². The third-order valence-corrected chi connectivity index (χ3v) is 3.78. The van der Waals surface area contributed by atoms with Crippen LogP contribution in [-0.2, 0) is 15.9 Å². The number of alkyl halides is 3. The van der Waals surface area contributed by atoms with E-state index >= 15 is 0 Å². The minimum absolute atomic E-state index is 0.995. The van der Waals surface area contributed by atoms with E-state index in [0.717, 1.165) is 32.5 Å². The van der Waals surface area contributed by atoms with Crippen molar-refractivity contribution in [3.05, 3.63) is 59.9 Å². The van der Waals surface area contributed by atoms with Crippen molar-refractivity contribution in [1.82, 2.24) is 10.6 Å². The summed E-state index contributed by atoms with van der Waals surface area (Å²) in [7, 11) is 0. The van der Waals surface area contributed by atoms with E-state index in [1.54, 1.807) is 0 Å². The third kappa shape index (κ3) is 19.4. The van der Waals surface area contributed by atoms with Gasteiger partial charge in [0.15, 0.2) is 0 Å². The molecule has 1 rings (SSSR count). The first-order valence-corrected chi connectivity index (χ1v) is 10.4. The molecule has 0 aromatic rings. The SMILES string of the molecule is C/C=C1/CNCCN/C1=C/CC.C=C/C(=C\C=C/C)CC.C=O.O=S([O-])C(F)(F)F. The van der Waals surface area contributed by atoms with E-state index in [-0.39, 0.29) is 0 Å². The highest BCUT2D eigenvalue weighted by Gasteiger charge is 2.28. The summed E-state index contributed by atoms with van der Waals surface area (Å²) in [4.78, 5) is 8.00. The normalized spacial score (nSPS) is 17.9. The molecular weight excluding hydrogens is 417 g/mol. The lowest BCUT2D eigenvalue weighted by Crippen LogP contribution is -2.20. The summed E-state index contributed by atoms with van der Waals surface area (Å²) in [5.74, 6) is 0. The van der Waals surface area contributed by atoms with E-state index in [0.29, 0.717) is 0 Å². The summed E-state index contributed by atoms with van der Waals surface area (Å²) in [5, 5.41) is 6.78. The molecule has 2 N–H and O–H groups in total. The van der Waals surface area contributed by atoms with Gasteiger partial charge in [-0.1, -0.05) is 56.9 Å². The Hall–Kier alpha value is -1.97. The Kier molecular flexibility index (Phi) is 23.7. The molecule has 1 heterocycles. The molecule has 0 aromatic heterocycles. The minimum Gasteiger partial charge on any atom is -0.766 e. The van der Waals surface area contributed by atoms with Crippen molar-refractivity contribution in [1.29, 1.82) is 0 Å². The number of carbonyl (C=O) groups is 1. The standard InChI is InChI=1S/C10H18N2.C9H14.CHF3O2S.CH2O/c1-3-5-10-9(4-2)8-11-6-7-12-10;1-4-7-8-9(5-2)6-3;2-1(3,4)7(5)6;1-2/h4-5,11-12H,3,6-8H2,1-2H3;4-5,7-8H,2,6H2,1,3H3;(H,5,6);1H2/p-1/b9-4-,10-5+;7-4-,9-8+;;. The molecule has 9 heteroatoms. The number of hydrogen-bond donors (Lipinski definition) is 2. The second-order valence-corrected chi connectivity index (χ2v) is 6.38. The number of allylic oxidation sites excluding steroid dienone is 7. The molecule has 1 unspecified atom stereocenters. The Morgan fingerprint density at radius 1 is 1.23 bits per heavy atom. The zero-order valence-electron chi connectivity index (χ0n) is 18.2. The van der Waals surface area contributed by atoms with Crippen molar-refractivity contribution in [2.24, 2.45) is 0 Å². The molecule has 0 aliphatic carbocycles. The topological polar surface area (TPSA) is 81.3 Å². The number of nitrogens with one attached hydrogen (secondary N) is 2. The minimum atomic E-state index is -5.08. The highest BCUT2D eigenvalue weighted by molar-refractivity contribution is 7.80. The zero-order valence-corrected chi connectivity index (χ0v) is 19.0. The second kappa shape index (κ2) is 21.7. The van der Waals surface area contributed by atoms with Gasteiger partial charge in [-0.3, -0.25) is 4.21 Å². The monoisotopic (exact) mass is 451 g/mol. The van der Waals surface area contributed by atoms with Gasteiger partial charge >= 0.3 is 5.51 Å². The third-order valence-electron chi connectivity index (χ3n) is 3.40. The van der Waals surface area contributed by atoms with Gasteiger partial charge in [-0.2, -0.15) is 13.2 Å². The van der Waals surface area contributed by atoms with Crippen molar-refractivity contribution in [2.45, 2.75) is 46.0 Å². The van der Waals surface area contributed by atoms with Crippen LogP contribution in [0.15, 0.2) is 59.9 Å². The molecule has 0 bridgehead atoms. The summed E-state index contributed by atoms with van der Waals surface area (Å²) in [6.45, 7) is 17.1. The highest BCUT2D eigenvalue weighted by Crippen LogP contribution is 2.16. The van der Waals surface area contributed by atoms with E-state index < -0.39 is 16.6 Å². The Balaban J connectivity index is -0.000000363. The summed E-state index contributed by atoms with van der Waals surface area (Å²) < 4.78 is 49.5. The molecule has 1 saturated heterocycles. The van der Waals surface area contributed by atoms with Gasteiger partial charge in [-0.15, -0.1) is 0 Å². The van der Waals surface area contributed by atoms with Gasteiger partial charge in [-0.05, 0) is 37.8 Å². The van der Waals surface area contributed by atoms with Gasteiger partial charge in [0.25, 0.3) is 0 Å². The molecule has 1 aliphatic rings. The van der Waals surface area contributed by atoms with Crippen LogP contribution < -0.4 is 10.6 Å². The van der Waals surface area contributed by atoms with Crippen LogP contribution in [0.5, 0.6) is 0 Å². The Labute approximate surface area is 181 Å². The molecule has 174 valence electrons. The predicted molar refractivity (Wildman–Crippen MR) is 118 cm³/mol. The molecule has 1 atom stereocenters. The average Bonchev–Trinajstić information content (AvgIpc) is 2.96. The van der Waals surface area contributed by atoms with Crippen LogP contribution in [0.2, 0.25) is 0 Å². The van der Waals surface area contributed by atoms with Crippen molar-refractivity contribution >= 4 is 17.9 Å². The van der Waals surface area contributed by atoms with Gasteiger partial charge in [-0.25, -0.2) is 0 Å². The average molecular weight is 452 g/mol. The number of halogens is 3. The molecule has 0 amide bonds. The summed E-state index contributed by atoms with van der Waals surface area (Å²) in [6, 6.07) is 0. The van der Waals surface area contributed by atoms with Gasteiger partial charge in [0.1, 0.15) is 6.79 Å². The van der Waals surface area contributed by atoms with Crippen LogP contribution in [-0.4, -0.2) is 40.7 Å². The molecule has 1 fully saturated rings. The molecule has 30 heavy (non-hydrogen) atoms. The molecule has 5 nitrogen and oxygen atoms in total.